The highest BCUT2D eigenvalue weighted by atomic mass is 35.5. The first kappa shape index (κ1) is 14.0. The average Bonchev–Trinajstić information content (AvgIpc) is 2.42. The largest absolute Gasteiger partial charge is 0.384 e. The highest BCUT2D eigenvalue weighted by Crippen LogP contribution is 2.11. The zero-order valence-corrected chi connectivity index (χ0v) is 11.9. The van der Waals surface area contributed by atoms with Gasteiger partial charge < -0.3 is 4.74 Å². The quantitative estimate of drug-likeness (QED) is 0.790. The maximum absolute atomic E-state index is 12.5. The molecule has 1 atom stereocenters. The van der Waals surface area contributed by atoms with Crippen LogP contribution in [-0.4, -0.2) is 23.3 Å². The first-order valence-electron chi connectivity index (χ1n) is 6.20. The molecule has 0 radical (unpaired) electrons. The van der Waals surface area contributed by atoms with Crippen molar-refractivity contribution >= 4 is 22.5 Å². The number of rotatable bonds is 5. The third-order valence-corrected chi connectivity index (χ3v) is 3.24. The van der Waals surface area contributed by atoms with E-state index in [1.54, 1.807) is 17.7 Å². The summed E-state index contributed by atoms with van der Waals surface area (Å²) in [4.78, 5) is 16.9. The van der Waals surface area contributed by atoms with Crippen molar-refractivity contribution in [2.75, 3.05) is 13.7 Å². The van der Waals surface area contributed by atoms with Crippen LogP contribution in [0.5, 0.6) is 0 Å². The molecule has 19 heavy (non-hydrogen) atoms. The fourth-order valence-electron chi connectivity index (χ4n) is 2.15. The number of halogens is 1. The molecule has 0 saturated heterocycles. The summed E-state index contributed by atoms with van der Waals surface area (Å²) in [6.45, 7) is 3.19. The van der Waals surface area contributed by atoms with Gasteiger partial charge in [0.15, 0.2) is 0 Å². The van der Waals surface area contributed by atoms with Crippen molar-refractivity contribution in [3.8, 4) is 0 Å². The number of nitrogens with zero attached hydrogens (tertiary/aromatic N) is 2. The Bertz CT molecular complexity index is 624. The second-order valence-electron chi connectivity index (χ2n) is 4.66. The number of ether oxygens (including phenoxy) is 1. The lowest BCUT2D eigenvalue weighted by Crippen LogP contribution is -2.28. The molecule has 0 aliphatic carbocycles. The van der Waals surface area contributed by atoms with Gasteiger partial charge in [0, 0.05) is 13.7 Å². The fourth-order valence-corrected chi connectivity index (χ4v) is 2.36. The molecular weight excluding hydrogens is 264 g/mol. The Kier molecular flexibility index (Phi) is 4.56. The molecule has 0 N–H and O–H groups in total. The summed E-state index contributed by atoms with van der Waals surface area (Å²) >= 11 is 5.91. The lowest BCUT2D eigenvalue weighted by Gasteiger charge is -2.16. The molecule has 2 rings (SSSR count). The van der Waals surface area contributed by atoms with E-state index in [2.05, 4.69) is 4.98 Å². The Balaban J connectivity index is 2.52. The Morgan fingerprint density at radius 2 is 2.16 bits per heavy atom. The third kappa shape index (κ3) is 2.96. The van der Waals surface area contributed by atoms with E-state index in [0.29, 0.717) is 29.9 Å². The molecule has 0 saturated carbocycles. The zero-order valence-electron chi connectivity index (χ0n) is 11.1. The van der Waals surface area contributed by atoms with Gasteiger partial charge in [-0.3, -0.25) is 9.36 Å². The van der Waals surface area contributed by atoms with Crippen LogP contribution in [0.1, 0.15) is 12.7 Å². The molecule has 1 aromatic carbocycles. The topological polar surface area (TPSA) is 44.1 Å². The van der Waals surface area contributed by atoms with E-state index < -0.39 is 0 Å². The zero-order chi connectivity index (χ0) is 13.8. The smallest absolute Gasteiger partial charge is 0.261 e. The van der Waals surface area contributed by atoms with Crippen LogP contribution < -0.4 is 5.56 Å². The predicted octanol–water partition coefficient (Wildman–Crippen LogP) is 2.42. The lowest BCUT2D eigenvalue weighted by molar-refractivity contribution is 0.150. The van der Waals surface area contributed by atoms with E-state index >= 15 is 0 Å². The van der Waals surface area contributed by atoms with Crippen LogP contribution in [0.15, 0.2) is 29.1 Å². The van der Waals surface area contributed by atoms with E-state index in [1.165, 1.54) is 0 Å². The minimum atomic E-state index is -0.0378. The van der Waals surface area contributed by atoms with Crippen LogP contribution >= 0.6 is 11.6 Å². The van der Waals surface area contributed by atoms with Crippen molar-refractivity contribution in [1.82, 2.24) is 9.55 Å². The number of alkyl halides is 1. The summed E-state index contributed by atoms with van der Waals surface area (Å²) in [6, 6.07) is 7.33. The van der Waals surface area contributed by atoms with E-state index in [4.69, 9.17) is 16.3 Å². The molecule has 1 aromatic heterocycles. The average molecular weight is 281 g/mol. The highest BCUT2D eigenvalue weighted by molar-refractivity contribution is 6.16. The molecule has 1 unspecified atom stereocenters. The molecule has 0 fully saturated rings. The van der Waals surface area contributed by atoms with E-state index in [9.17, 15) is 4.79 Å². The second kappa shape index (κ2) is 6.17. The second-order valence-corrected chi connectivity index (χ2v) is 4.92. The van der Waals surface area contributed by atoms with Crippen LogP contribution in [-0.2, 0) is 17.2 Å². The maximum Gasteiger partial charge on any atom is 0.261 e. The van der Waals surface area contributed by atoms with Crippen LogP contribution in [0.2, 0.25) is 0 Å². The molecule has 2 aromatic rings. The predicted molar refractivity (Wildman–Crippen MR) is 76.6 cm³/mol. The molecule has 0 aliphatic heterocycles. The number of para-hydroxylation sites is 1. The number of aromatic nitrogens is 2. The minimum absolute atomic E-state index is 0.0378. The summed E-state index contributed by atoms with van der Waals surface area (Å²) in [7, 11) is 1.65. The molecule has 4 nitrogen and oxygen atoms in total. The number of benzene rings is 1. The van der Waals surface area contributed by atoms with Crippen LogP contribution in [0.25, 0.3) is 10.9 Å². The fraction of sp³-hybridized carbons (Fsp3) is 0.429. The molecule has 5 heteroatoms. The SMILES string of the molecule is COCC(C)Cn1c(CCl)nc2ccccc2c1=O. The van der Waals surface area contributed by atoms with Crippen LogP contribution in [0.4, 0.5) is 0 Å². The molecule has 0 bridgehead atoms. The van der Waals surface area contributed by atoms with Gasteiger partial charge in [0.05, 0.1) is 23.4 Å². The van der Waals surface area contributed by atoms with Gasteiger partial charge >= 0.3 is 0 Å². The van der Waals surface area contributed by atoms with Gasteiger partial charge in [0.1, 0.15) is 5.82 Å². The summed E-state index contributed by atoms with van der Waals surface area (Å²) < 4.78 is 6.76. The summed E-state index contributed by atoms with van der Waals surface area (Å²) in [6.07, 6.45) is 0. The Hall–Kier alpha value is -1.39. The first-order chi connectivity index (χ1) is 9.17. The summed E-state index contributed by atoms with van der Waals surface area (Å²) in [5.41, 5.74) is 0.656. The van der Waals surface area contributed by atoms with Crippen molar-refractivity contribution < 1.29 is 4.74 Å². The first-order valence-corrected chi connectivity index (χ1v) is 6.74. The van der Waals surface area contributed by atoms with Gasteiger partial charge in [-0.2, -0.15) is 0 Å². The van der Waals surface area contributed by atoms with Gasteiger partial charge in [-0.25, -0.2) is 4.98 Å². The third-order valence-electron chi connectivity index (χ3n) is 3.01. The normalized spacial score (nSPS) is 12.8. The van der Waals surface area contributed by atoms with Crippen LogP contribution in [0.3, 0.4) is 0 Å². The van der Waals surface area contributed by atoms with Crippen LogP contribution in [0, 0.1) is 5.92 Å². The minimum Gasteiger partial charge on any atom is -0.384 e. The highest BCUT2D eigenvalue weighted by Gasteiger charge is 2.12. The number of hydrogen-bond donors (Lipinski definition) is 0. The summed E-state index contributed by atoms with van der Waals surface area (Å²) in [5.74, 6) is 1.06. The summed E-state index contributed by atoms with van der Waals surface area (Å²) in [5, 5.41) is 0.626. The Morgan fingerprint density at radius 1 is 1.42 bits per heavy atom. The van der Waals surface area contributed by atoms with Gasteiger partial charge in [0.25, 0.3) is 5.56 Å². The number of hydrogen-bond acceptors (Lipinski definition) is 3. The van der Waals surface area contributed by atoms with E-state index in [1.807, 2.05) is 25.1 Å². The Morgan fingerprint density at radius 3 is 2.84 bits per heavy atom. The monoisotopic (exact) mass is 280 g/mol. The number of methoxy groups -OCH3 is 1. The van der Waals surface area contributed by atoms with Gasteiger partial charge in [-0.05, 0) is 18.1 Å². The molecular formula is C14H17ClN2O2. The molecule has 0 aliphatic rings. The standard InChI is InChI=1S/C14H17ClN2O2/c1-10(9-19-2)8-17-13(7-15)16-12-6-4-3-5-11(12)14(17)18/h3-6,10H,7-9H2,1-2H3. The molecule has 1 heterocycles. The van der Waals surface area contributed by atoms with Gasteiger partial charge in [-0.1, -0.05) is 19.1 Å². The van der Waals surface area contributed by atoms with E-state index in [0.717, 1.165) is 0 Å². The van der Waals surface area contributed by atoms with Crippen molar-refractivity contribution in [2.24, 2.45) is 5.92 Å². The number of fused-ring (bicyclic) bond motifs is 1. The lowest BCUT2D eigenvalue weighted by atomic mass is 10.2. The molecule has 102 valence electrons. The van der Waals surface area contributed by atoms with Crippen molar-refractivity contribution in [3.63, 3.8) is 0 Å². The van der Waals surface area contributed by atoms with Crippen molar-refractivity contribution in [3.05, 3.63) is 40.4 Å². The maximum atomic E-state index is 12.5. The van der Waals surface area contributed by atoms with Crippen molar-refractivity contribution in [1.29, 1.82) is 0 Å². The van der Waals surface area contributed by atoms with Gasteiger partial charge in [-0.15, -0.1) is 11.6 Å². The molecule has 0 spiro atoms. The van der Waals surface area contributed by atoms with E-state index in [-0.39, 0.29) is 17.4 Å². The van der Waals surface area contributed by atoms with Crippen molar-refractivity contribution in [2.45, 2.75) is 19.3 Å². The molecule has 0 amide bonds. The Labute approximate surface area is 117 Å². The van der Waals surface area contributed by atoms with Gasteiger partial charge in [0.2, 0.25) is 0 Å².